The second-order valence-corrected chi connectivity index (χ2v) is 9.84. The summed E-state index contributed by atoms with van der Waals surface area (Å²) >= 11 is 0. The Labute approximate surface area is 219 Å². The van der Waals surface area contributed by atoms with Crippen LogP contribution in [-0.4, -0.2) is 27.0 Å². The summed E-state index contributed by atoms with van der Waals surface area (Å²) < 4.78 is 2.38. The largest absolute Gasteiger partial charge is 0.353 e. The van der Waals surface area contributed by atoms with E-state index in [0.717, 1.165) is 41.4 Å². The number of aryl methyl sites for hydroxylation is 1. The summed E-state index contributed by atoms with van der Waals surface area (Å²) in [6.07, 6.45) is 4.55. The number of anilines is 1. The first-order valence-corrected chi connectivity index (χ1v) is 12.9. The van der Waals surface area contributed by atoms with Gasteiger partial charge in [-0.15, -0.1) is 0 Å². The van der Waals surface area contributed by atoms with Gasteiger partial charge in [0.1, 0.15) is 6.54 Å². The Morgan fingerprint density at radius 1 is 0.895 bits per heavy atom. The van der Waals surface area contributed by atoms with Crippen LogP contribution in [0.15, 0.2) is 82.4 Å². The van der Waals surface area contributed by atoms with Crippen molar-refractivity contribution in [1.29, 1.82) is 0 Å². The van der Waals surface area contributed by atoms with Crippen LogP contribution < -0.4 is 21.9 Å². The van der Waals surface area contributed by atoms with Gasteiger partial charge in [-0.25, -0.2) is 9.36 Å². The monoisotopic (exact) mass is 510 g/mol. The molecule has 8 heteroatoms. The van der Waals surface area contributed by atoms with Crippen LogP contribution in [0.2, 0.25) is 0 Å². The van der Waals surface area contributed by atoms with Crippen molar-refractivity contribution in [3.05, 3.63) is 105 Å². The minimum atomic E-state index is -0.611. The molecule has 0 aliphatic heterocycles. The highest BCUT2D eigenvalue weighted by atomic mass is 16.2. The molecule has 0 saturated heterocycles. The SMILES string of the molecule is Cc1cccc(NC(=O)Cn2c(=O)n(-c3ccc(CC(=O)NC4CCCC4)cc3)c(=O)c3ccccc32)c1. The zero-order valence-corrected chi connectivity index (χ0v) is 21.3. The average Bonchev–Trinajstić information content (AvgIpc) is 3.40. The third-order valence-corrected chi connectivity index (χ3v) is 6.93. The fraction of sp³-hybridized carbons (Fsp3) is 0.267. The molecule has 38 heavy (non-hydrogen) atoms. The predicted octanol–water partition coefficient (Wildman–Crippen LogP) is 3.70. The molecule has 8 nitrogen and oxygen atoms in total. The Hall–Kier alpha value is -4.46. The van der Waals surface area contributed by atoms with Gasteiger partial charge in [-0.2, -0.15) is 0 Å². The lowest BCUT2D eigenvalue weighted by atomic mass is 10.1. The molecule has 0 radical (unpaired) electrons. The molecule has 0 bridgehead atoms. The highest BCUT2D eigenvalue weighted by molar-refractivity contribution is 5.91. The van der Waals surface area contributed by atoms with Crippen LogP contribution in [0.1, 0.15) is 36.8 Å². The molecule has 2 N–H and O–H groups in total. The summed E-state index contributed by atoms with van der Waals surface area (Å²) in [6.45, 7) is 1.67. The number of hydrogen-bond acceptors (Lipinski definition) is 4. The number of amides is 2. The van der Waals surface area contributed by atoms with E-state index in [1.807, 2.05) is 25.1 Å². The molecule has 0 spiro atoms. The smallest absolute Gasteiger partial charge is 0.336 e. The molecule has 1 aromatic heterocycles. The maximum Gasteiger partial charge on any atom is 0.336 e. The first-order chi connectivity index (χ1) is 18.4. The van der Waals surface area contributed by atoms with Crippen LogP contribution in [-0.2, 0) is 22.6 Å². The van der Waals surface area contributed by atoms with Gasteiger partial charge in [0.15, 0.2) is 0 Å². The molecule has 0 unspecified atom stereocenters. The van der Waals surface area contributed by atoms with Gasteiger partial charge in [0, 0.05) is 11.7 Å². The lowest BCUT2D eigenvalue weighted by Gasteiger charge is -2.15. The van der Waals surface area contributed by atoms with E-state index in [1.54, 1.807) is 54.6 Å². The van der Waals surface area contributed by atoms with E-state index in [1.165, 1.54) is 4.57 Å². The maximum atomic E-state index is 13.6. The van der Waals surface area contributed by atoms with Gasteiger partial charge >= 0.3 is 5.69 Å². The van der Waals surface area contributed by atoms with Crippen molar-refractivity contribution in [3.8, 4) is 5.69 Å². The first kappa shape index (κ1) is 25.2. The van der Waals surface area contributed by atoms with Crippen LogP contribution in [0.4, 0.5) is 5.69 Å². The number of para-hydroxylation sites is 1. The Morgan fingerprint density at radius 3 is 2.37 bits per heavy atom. The van der Waals surface area contributed by atoms with Crippen molar-refractivity contribution in [2.75, 3.05) is 5.32 Å². The Kier molecular flexibility index (Phi) is 7.22. The number of fused-ring (bicyclic) bond motifs is 1. The molecule has 4 aromatic rings. The van der Waals surface area contributed by atoms with E-state index < -0.39 is 11.2 Å². The van der Waals surface area contributed by atoms with Crippen molar-refractivity contribution >= 4 is 28.4 Å². The summed E-state index contributed by atoms with van der Waals surface area (Å²) in [5.41, 5.74) is 2.10. The molecule has 2 amide bonds. The normalized spacial score (nSPS) is 13.5. The van der Waals surface area contributed by atoms with E-state index >= 15 is 0 Å². The van der Waals surface area contributed by atoms with Crippen molar-refractivity contribution in [2.24, 2.45) is 0 Å². The average molecular weight is 511 g/mol. The van der Waals surface area contributed by atoms with Crippen LogP contribution >= 0.6 is 0 Å². The van der Waals surface area contributed by atoms with Crippen LogP contribution in [0.5, 0.6) is 0 Å². The summed E-state index contributed by atoms with van der Waals surface area (Å²) in [4.78, 5) is 52.3. The van der Waals surface area contributed by atoms with Crippen molar-refractivity contribution in [2.45, 2.75) is 51.6 Å². The number of carbonyl (C=O) groups excluding carboxylic acids is 2. The topological polar surface area (TPSA) is 102 Å². The zero-order chi connectivity index (χ0) is 26.6. The van der Waals surface area contributed by atoms with Gasteiger partial charge in [-0.1, -0.05) is 49.2 Å². The number of carbonyl (C=O) groups is 2. The fourth-order valence-electron chi connectivity index (χ4n) is 5.07. The van der Waals surface area contributed by atoms with Gasteiger partial charge in [0.2, 0.25) is 11.8 Å². The fourth-order valence-corrected chi connectivity index (χ4v) is 5.07. The molecule has 5 rings (SSSR count). The highest BCUT2D eigenvalue weighted by Gasteiger charge is 2.19. The van der Waals surface area contributed by atoms with Crippen LogP contribution in [0, 0.1) is 6.92 Å². The summed E-state index contributed by atoms with van der Waals surface area (Å²) in [7, 11) is 0. The van der Waals surface area contributed by atoms with Crippen LogP contribution in [0.25, 0.3) is 16.6 Å². The molecule has 194 valence electrons. The minimum Gasteiger partial charge on any atom is -0.353 e. The molecular weight excluding hydrogens is 480 g/mol. The molecular formula is C30H30N4O4. The lowest BCUT2D eigenvalue weighted by molar-refractivity contribution is -0.121. The molecule has 1 fully saturated rings. The van der Waals surface area contributed by atoms with E-state index in [2.05, 4.69) is 10.6 Å². The number of nitrogens with one attached hydrogen (secondary N) is 2. The molecule has 3 aromatic carbocycles. The third kappa shape index (κ3) is 5.44. The predicted molar refractivity (Wildman–Crippen MR) is 148 cm³/mol. The standard InChI is InChI=1S/C30H30N4O4/c1-20-7-6-10-23(17-20)32-28(36)19-33-26-12-5-4-11-25(26)29(37)34(30(33)38)24-15-13-21(14-16-24)18-27(35)31-22-8-2-3-9-22/h4-7,10-17,22H,2-3,8-9,18-19H2,1H3,(H,31,35)(H,32,36). The molecule has 1 heterocycles. The summed E-state index contributed by atoms with van der Waals surface area (Å²) in [6, 6.07) is 21.2. The van der Waals surface area contributed by atoms with E-state index in [9.17, 15) is 19.2 Å². The number of rotatable bonds is 7. The Morgan fingerprint density at radius 2 is 1.63 bits per heavy atom. The Balaban J connectivity index is 1.44. The Bertz CT molecular complexity index is 1610. The van der Waals surface area contributed by atoms with Gasteiger partial charge in [-0.05, 0) is 67.3 Å². The first-order valence-electron chi connectivity index (χ1n) is 12.9. The number of nitrogens with zero attached hydrogens (tertiary/aromatic N) is 2. The summed E-state index contributed by atoms with van der Waals surface area (Å²) in [5, 5.41) is 6.23. The number of hydrogen-bond donors (Lipinski definition) is 2. The van der Waals surface area contributed by atoms with Gasteiger partial charge in [-0.3, -0.25) is 19.0 Å². The van der Waals surface area contributed by atoms with Crippen molar-refractivity contribution in [1.82, 2.24) is 14.5 Å². The quantitative estimate of drug-likeness (QED) is 0.396. The van der Waals surface area contributed by atoms with Crippen molar-refractivity contribution in [3.63, 3.8) is 0 Å². The molecule has 1 aliphatic carbocycles. The highest BCUT2D eigenvalue weighted by Crippen LogP contribution is 2.18. The van der Waals surface area contributed by atoms with Gasteiger partial charge in [0.05, 0.1) is 23.0 Å². The zero-order valence-electron chi connectivity index (χ0n) is 21.3. The van der Waals surface area contributed by atoms with E-state index in [4.69, 9.17) is 0 Å². The molecule has 0 atom stereocenters. The van der Waals surface area contributed by atoms with Crippen molar-refractivity contribution < 1.29 is 9.59 Å². The van der Waals surface area contributed by atoms with Crippen LogP contribution in [0.3, 0.4) is 0 Å². The molecule has 1 aliphatic rings. The second kappa shape index (κ2) is 10.9. The molecule has 1 saturated carbocycles. The number of aromatic nitrogens is 2. The third-order valence-electron chi connectivity index (χ3n) is 6.93. The lowest BCUT2D eigenvalue weighted by Crippen LogP contribution is -2.40. The van der Waals surface area contributed by atoms with Gasteiger partial charge in [0.25, 0.3) is 5.56 Å². The van der Waals surface area contributed by atoms with E-state index in [-0.39, 0.29) is 30.8 Å². The maximum absolute atomic E-state index is 13.6. The summed E-state index contributed by atoms with van der Waals surface area (Å²) in [5.74, 6) is -0.411. The van der Waals surface area contributed by atoms with E-state index in [0.29, 0.717) is 22.3 Å². The minimum absolute atomic E-state index is 0.0329. The van der Waals surface area contributed by atoms with Gasteiger partial charge < -0.3 is 10.6 Å². The number of benzene rings is 3. The second-order valence-electron chi connectivity index (χ2n) is 9.84.